The van der Waals surface area contributed by atoms with Crippen molar-refractivity contribution in [3.8, 4) is 0 Å². The summed E-state index contributed by atoms with van der Waals surface area (Å²) in [7, 11) is 0. The van der Waals surface area contributed by atoms with Gasteiger partial charge in [-0.05, 0) is 179 Å². The highest BCUT2D eigenvalue weighted by molar-refractivity contribution is 5.79. The maximum absolute atomic E-state index is 12.2. The van der Waals surface area contributed by atoms with E-state index in [2.05, 4.69) is 40.7 Å². The summed E-state index contributed by atoms with van der Waals surface area (Å²) in [6.07, 6.45) is 28.4. The summed E-state index contributed by atoms with van der Waals surface area (Å²) in [5.74, 6) is 8.40. The molecule has 0 aromatic rings. The number of carbonyl (C=O) groups excluding carboxylic acids is 1. The minimum atomic E-state index is -0.117. The number of carbonyl (C=O) groups is 1. The lowest BCUT2D eigenvalue weighted by atomic mass is 9.45. The van der Waals surface area contributed by atoms with Gasteiger partial charge >= 0.3 is 0 Å². The molecule has 2 heteroatoms. The molecule has 0 saturated heterocycles. The molecular formula is C42H68O2. The first-order valence-electron chi connectivity index (χ1n) is 19.8. The van der Waals surface area contributed by atoms with Gasteiger partial charge in [-0.1, -0.05) is 65.5 Å². The Morgan fingerprint density at radius 1 is 0.727 bits per heavy atom. The quantitative estimate of drug-likeness (QED) is 0.318. The van der Waals surface area contributed by atoms with E-state index in [1.54, 1.807) is 56.9 Å². The zero-order valence-corrected chi connectivity index (χ0v) is 29.6. The van der Waals surface area contributed by atoms with Gasteiger partial charge in [0.1, 0.15) is 5.78 Å². The van der Waals surface area contributed by atoms with Crippen molar-refractivity contribution in [3.05, 3.63) is 11.6 Å². The van der Waals surface area contributed by atoms with E-state index in [0.717, 1.165) is 78.4 Å². The molecule has 1 N–H and O–H groups in total. The summed E-state index contributed by atoms with van der Waals surface area (Å²) in [5.41, 5.74) is 3.56. The van der Waals surface area contributed by atoms with Crippen LogP contribution in [0.1, 0.15) is 164 Å². The molecule has 0 bridgehead atoms. The van der Waals surface area contributed by atoms with E-state index in [1.165, 1.54) is 44.9 Å². The van der Waals surface area contributed by atoms with Gasteiger partial charge in [0.15, 0.2) is 0 Å². The number of fused-ring (bicyclic) bond motifs is 10. The number of hydrogen-bond donors (Lipinski definition) is 1. The van der Waals surface area contributed by atoms with Gasteiger partial charge in [0.2, 0.25) is 0 Å². The molecule has 8 aliphatic carbocycles. The van der Waals surface area contributed by atoms with Gasteiger partial charge < -0.3 is 5.11 Å². The highest BCUT2D eigenvalue weighted by Gasteiger charge is 2.60. The molecule has 248 valence electrons. The van der Waals surface area contributed by atoms with Crippen LogP contribution in [0.3, 0.4) is 0 Å². The molecule has 8 rings (SSSR count). The first kappa shape index (κ1) is 31.9. The molecule has 0 spiro atoms. The molecular weight excluding hydrogens is 536 g/mol. The van der Waals surface area contributed by atoms with Crippen LogP contribution in [0.4, 0.5) is 0 Å². The number of hydrogen-bond acceptors (Lipinski definition) is 2. The maximum Gasteiger partial charge on any atom is 0.133 e. The normalized spacial score (nSPS) is 54.2. The number of aliphatic hydroxyl groups excluding tert-OH is 1. The Bertz CT molecular complexity index is 1120. The Labute approximate surface area is 271 Å². The average molecular weight is 605 g/mol. The molecule has 0 radical (unpaired) electrons. The van der Waals surface area contributed by atoms with E-state index in [9.17, 15) is 9.90 Å². The predicted octanol–water partition coefficient (Wildman–Crippen LogP) is 11.0. The van der Waals surface area contributed by atoms with Crippen LogP contribution in [0.2, 0.25) is 0 Å². The second-order valence-electron chi connectivity index (χ2n) is 19.1. The van der Waals surface area contributed by atoms with E-state index in [0.29, 0.717) is 22.5 Å². The van der Waals surface area contributed by atoms with Gasteiger partial charge in [0.05, 0.1) is 6.10 Å². The van der Waals surface area contributed by atoms with Crippen LogP contribution < -0.4 is 0 Å². The molecule has 7 fully saturated rings. The van der Waals surface area contributed by atoms with Crippen LogP contribution in [0.25, 0.3) is 0 Å². The first-order chi connectivity index (χ1) is 21.0. The summed E-state index contributed by atoms with van der Waals surface area (Å²) >= 11 is 0. The maximum atomic E-state index is 12.2. The van der Waals surface area contributed by atoms with E-state index in [-0.39, 0.29) is 11.5 Å². The van der Waals surface area contributed by atoms with Gasteiger partial charge in [-0.2, -0.15) is 0 Å². The Morgan fingerprint density at radius 2 is 1.43 bits per heavy atom. The molecule has 0 aliphatic heterocycles. The predicted molar refractivity (Wildman–Crippen MR) is 182 cm³/mol. The lowest BCUT2D eigenvalue weighted by Gasteiger charge is -2.60. The van der Waals surface area contributed by atoms with Crippen LogP contribution in [0.15, 0.2) is 11.6 Å². The summed E-state index contributed by atoms with van der Waals surface area (Å²) < 4.78 is 0. The number of Topliss-reactive ketones (excluding diaryl/α,β-unsaturated/α-hetero) is 1. The van der Waals surface area contributed by atoms with E-state index < -0.39 is 0 Å². The first-order valence-corrected chi connectivity index (χ1v) is 19.8. The van der Waals surface area contributed by atoms with Crippen molar-refractivity contribution in [1.29, 1.82) is 0 Å². The van der Waals surface area contributed by atoms with Crippen molar-refractivity contribution in [3.63, 3.8) is 0 Å². The van der Waals surface area contributed by atoms with Gasteiger partial charge in [-0.3, -0.25) is 4.79 Å². The number of aliphatic hydroxyl groups is 1. The Morgan fingerprint density at radius 3 is 2.20 bits per heavy atom. The minimum Gasteiger partial charge on any atom is -0.393 e. The minimum absolute atomic E-state index is 0.117. The largest absolute Gasteiger partial charge is 0.393 e. The Kier molecular flexibility index (Phi) is 8.36. The third kappa shape index (κ3) is 4.73. The van der Waals surface area contributed by atoms with E-state index in [4.69, 9.17) is 0 Å². The molecule has 44 heavy (non-hydrogen) atoms. The van der Waals surface area contributed by atoms with Crippen molar-refractivity contribution >= 4 is 5.78 Å². The number of rotatable bonds is 2. The smallest absolute Gasteiger partial charge is 0.133 e. The van der Waals surface area contributed by atoms with Crippen LogP contribution in [0.5, 0.6) is 0 Å². The third-order valence-electron chi connectivity index (χ3n) is 17.8. The molecule has 0 heterocycles. The second-order valence-corrected chi connectivity index (χ2v) is 19.1. The molecule has 0 amide bonds. The summed E-state index contributed by atoms with van der Waals surface area (Å²) in [6, 6.07) is 0. The number of ketones is 1. The zero-order chi connectivity index (χ0) is 31.1. The third-order valence-corrected chi connectivity index (χ3v) is 17.8. The van der Waals surface area contributed by atoms with E-state index in [1.807, 2.05) is 6.92 Å². The van der Waals surface area contributed by atoms with Crippen molar-refractivity contribution in [2.75, 3.05) is 0 Å². The lowest BCUT2D eigenvalue weighted by Crippen LogP contribution is -2.52. The Balaban J connectivity index is 0.000000143. The fourth-order valence-corrected chi connectivity index (χ4v) is 15.4. The number of allylic oxidation sites excluding steroid dienone is 1. The van der Waals surface area contributed by atoms with E-state index >= 15 is 0 Å². The van der Waals surface area contributed by atoms with Crippen LogP contribution in [0, 0.1) is 74.9 Å². The average Bonchev–Trinajstić information content (AvgIpc) is 3.54. The Hall–Kier alpha value is -0.630. The monoisotopic (exact) mass is 605 g/mol. The molecule has 14 atom stereocenters. The topological polar surface area (TPSA) is 37.3 Å². The van der Waals surface area contributed by atoms with Gasteiger partial charge in [0.25, 0.3) is 0 Å². The SMILES string of the molecule is CC(=O)[C@H]1CC[C@H]2[C@@H]3CC=C4C[C@@H](O)CC[C@]4(C)[C@H]3CC[C@]12C.CC[C@H]1CC[C@H]2[C@@H]3CCC4CCCC[C@]4(C)[C@H]3CC[C@]12C. The standard InChI is InChI=1S/C21H32O2.C21H36/c1-13(22)17-6-7-18-16-5-4-14-12-15(23)8-10-20(14,2)19(16)9-11-21(17,18)3;1-4-15-9-11-18-17-10-8-16-7-5-6-13-20(16,2)19(17)12-14-21(15,18)3/h4,15-19,23H,5-12H2,1-3H3;15-19H,4-14H2,1-3H3/t15-,16-,17+,18-,19-,20-,21+;15-,16?,17-,18-,19-,20-,21+/m00/s1. The highest BCUT2D eigenvalue weighted by atomic mass is 16.3. The second kappa shape index (κ2) is 11.5. The molecule has 8 aliphatic rings. The van der Waals surface area contributed by atoms with Gasteiger partial charge in [-0.25, -0.2) is 0 Å². The molecule has 2 nitrogen and oxygen atoms in total. The lowest BCUT2D eigenvalue weighted by molar-refractivity contribution is -0.127. The van der Waals surface area contributed by atoms with Crippen molar-refractivity contribution < 1.29 is 9.90 Å². The summed E-state index contributed by atoms with van der Waals surface area (Å²) in [6.45, 7) is 14.5. The molecule has 0 aromatic heterocycles. The molecule has 1 unspecified atom stereocenters. The highest BCUT2D eigenvalue weighted by Crippen LogP contribution is 2.68. The van der Waals surface area contributed by atoms with Crippen LogP contribution >= 0.6 is 0 Å². The summed E-state index contributed by atoms with van der Waals surface area (Å²) in [4.78, 5) is 12.2. The summed E-state index contributed by atoms with van der Waals surface area (Å²) in [5, 5.41) is 10.1. The van der Waals surface area contributed by atoms with Gasteiger partial charge in [-0.15, -0.1) is 0 Å². The zero-order valence-electron chi connectivity index (χ0n) is 29.6. The molecule has 7 saturated carbocycles. The molecule has 0 aromatic carbocycles. The van der Waals surface area contributed by atoms with Crippen molar-refractivity contribution in [2.45, 2.75) is 170 Å². The van der Waals surface area contributed by atoms with Crippen molar-refractivity contribution in [2.24, 2.45) is 74.9 Å². The van der Waals surface area contributed by atoms with Crippen LogP contribution in [-0.4, -0.2) is 17.0 Å². The van der Waals surface area contributed by atoms with Crippen LogP contribution in [-0.2, 0) is 4.79 Å². The van der Waals surface area contributed by atoms with Crippen molar-refractivity contribution in [1.82, 2.24) is 0 Å². The fourth-order valence-electron chi connectivity index (χ4n) is 15.4. The fraction of sp³-hybridized carbons (Fsp3) is 0.929. The van der Waals surface area contributed by atoms with Gasteiger partial charge in [0, 0.05) is 5.92 Å².